The standard InChI is InChI=1S/C10H15FN2O2.ClH/c1-14-9-3-6(8(13)5-12)7(11)4-10(9)15-2;/h3-4,8H,5,12-13H2,1-2H3;1H/t8-;/m1./s1. The van der Waals surface area contributed by atoms with E-state index in [0.29, 0.717) is 17.1 Å². The van der Waals surface area contributed by atoms with Gasteiger partial charge < -0.3 is 20.9 Å². The molecule has 0 aliphatic heterocycles. The Morgan fingerprint density at radius 2 is 1.75 bits per heavy atom. The monoisotopic (exact) mass is 250 g/mol. The maximum Gasteiger partial charge on any atom is 0.163 e. The van der Waals surface area contributed by atoms with E-state index in [1.54, 1.807) is 0 Å². The number of hydrogen-bond donors (Lipinski definition) is 2. The summed E-state index contributed by atoms with van der Waals surface area (Å²) in [5.74, 6) is 0.339. The molecule has 0 spiro atoms. The first-order valence-corrected chi connectivity index (χ1v) is 4.51. The van der Waals surface area contributed by atoms with Crippen LogP contribution in [0.3, 0.4) is 0 Å². The van der Waals surface area contributed by atoms with Crippen LogP contribution in [-0.2, 0) is 0 Å². The van der Waals surface area contributed by atoms with Crippen LogP contribution in [0.2, 0.25) is 0 Å². The molecule has 1 aromatic rings. The number of hydrogen-bond acceptors (Lipinski definition) is 4. The number of ether oxygens (including phenoxy) is 2. The van der Waals surface area contributed by atoms with Crippen molar-refractivity contribution in [3.05, 3.63) is 23.5 Å². The molecular formula is C10H16ClFN2O2. The van der Waals surface area contributed by atoms with Crippen molar-refractivity contribution in [1.29, 1.82) is 0 Å². The van der Waals surface area contributed by atoms with Crippen molar-refractivity contribution in [3.8, 4) is 11.5 Å². The lowest BCUT2D eigenvalue weighted by Crippen LogP contribution is -2.22. The Hall–Kier alpha value is -1.04. The van der Waals surface area contributed by atoms with E-state index < -0.39 is 11.9 Å². The van der Waals surface area contributed by atoms with E-state index in [9.17, 15) is 4.39 Å². The SMILES string of the molecule is COc1cc(F)c([C@H](N)CN)cc1OC.Cl. The fraction of sp³-hybridized carbons (Fsp3) is 0.400. The second-order valence-electron chi connectivity index (χ2n) is 3.07. The zero-order valence-electron chi connectivity index (χ0n) is 9.20. The van der Waals surface area contributed by atoms with Crippen molar-refractivity contribution in [2.45, 2.75) is 6.04 Å². The van der Waals surface area contributed by atoms with Gasteiger partial charge in [-0.2, -0.15) is 0 Å². The van der Waals surface area contributed by atoms with Crippen LogP contribution in [0.1, 0.15) is 11.6 Å². The quantitative estimate of drug-likeness (QED) is 0.843. The maximum atomic E-state index is 13.5. The molecule has 0 radical (unpaired) electrons. The van der Waals surface area contributed by atoms with E-state index >= 15 is 0 Å². The molecule has 0 saturated carbocycles. The summed E-state index contributed by atoms with van der Waals surface area (Å²) in [6, 6.07) is 2.21. The van der Waals surface area contributed by atoms with Crippen LogP contribution in [0.5, 0.6) is 11.5 Å². The third-order valence-corrected chi connectivity index (χ3v) is 2.16. The van der Waals surface area contributed by atoms with Gasteiger partial charge in [-0.15, -0.1) is 12.4 Å². The molecule has 0 aromatic heterocycles. The first-order valence-electron chi connectivity index (χ1n) is 4.51. The molecule has 0 fully saturated rings. The highest BCUT2D eigenvalue weighted by molar-refractivity contribution is 5.85. The zero-order chi connectivity index (χ0) is 11.4. The second-order valence-corrected chi connectivity index (χ2v) is 3.07. The minimum atomic E-state index is -0.537. The van der Waals surface area contributed by atoms with Crippen LogP contribution < -0.4 is 20.9 Å². The molecule has 1 atom stereocenters. The minimum absolute atomic E-state index is 0. The highest BCUT2D eigenvalue weighted by atomic mass is 35.5. The molecule has 92 valence electrons. The number of methoxy groups -OCH3 is 2. The maximum absolute atomic E-state index is 13.5. The molecule has 6 heteroatoms. The van der Waals surface area contributed by atoms with Gasteiger partial charge in [0.1, 0.15) is 5.82 Å². The molecule has 0 amide bonds. The Labute approximate surface area is 100 Å². The molecule has 0 aliphatic carbocycles. The van der Waals surface area contributed by atoms with Crippen LogP contribution in [0.4, 0.5) is 4.39 Å². The molecule has 0 bridgehead atoms. The summed E-state index contributed by atoms with van der Waals surface area (Å²) in [6.45, 7) is 0.173. The van der Waals surface area contributed by atoms with Gasteiger partial charge in [0.25, 0.3) is 0 Å². The van der Waals surface area contributed by atoms with E-state index in [0.717, 1.165) is 0 Å². The minimum Gasteiger partial charge on any atom is -0.493 e. The van der Waals surface area contributed by atoms with Crippen molar-refractivity contribution in [1.82, 2.24) is 0 Å². The van der Waals surface area contributed by atoms with Crippen LogP contribution in [0.15, 0.2) is 12.1 Å². The van der Waals surface area contributed by atoms with Gasteiger partial charge >= 0.3 is 0 Å². The summed E-state index contributed by atoms with van der Waals surface area (Å²) in [5.41, 5.74) is 11.3. The highest BCUT2D eigenvalue weighted by Gasteiger charge is 2.15. The van der Waals surface area contributed by atoms with Gasteiger partial charge in [-0.25, -0.2) is 4.39 Å². The molecule has 1 rings (SSSR count). The fourth-order valence-electron chi connectivity index (χ4n) is 1.28. The molecule has 0 saturated heterocycles. The first kappa shape index (κ1) is 15.0. The molecule has 0 unspecified atom stereocenters. The van der Waals surface area contributed by atoms with Crippen molar-refractivity contribution in [3.63, 3.8) is 0 Å². The zero-order valence-corrected chi connectivity index (χ0v) is 10.0. The average molecular weight is 251 g/mol. The van der Waals surface area contributed by atoms with E-state index in [2.05, 4.69) is 0 Å². The van der Waals surface area contributed by atoms with Crippen molar-refractivity contribution in [2.24, 2.45) is 11.5 Å². The van der Waals surface area contributed by atoms with Crippen molar-refractivity contribution in [2.75, 3.05) is 20.8 Å². The number of halogens is 2. The lowest BCUT2D eigenvalue weighted by atomic mass is 10.1. The Balaban J connectivity index is 0.00000225. The van der Waals surface area contributed by atoms with Gasteiger partial charge in [0.05, 0.1) is 14.2 Å². The average Bonchev–Trinajstić information content (AvgIpc) is 2.27. The number of rotatable bonds is 4. The van der Waals surface area contributed by atoms with Gasteiger partial charge in [0.15, 0.2) is 11.5 Å². The lowest BCUT2D eigenvalue weighted by molar-refractivity contribution is 0.351. The largest absolute Gasteiger partial charge is 0.493 e. The van der Waals surface area contributed by atoms with Gasteiger partial charge in [-0.1, -0.05) is 0 Å². The highest BCUT2D eigenvalue weighted by Crippen LogP contribution is 2.31. The Kier molecular flexibility index (Phi) is 6.10. The molecule has 4 N–H and O–H groups in total. The van der Waals surface area contributed by atoms with Gasteiger partial charge in [-0.05, 0) is 6.07 Å². The summed E-state index contributed by atoms with van der Waals surface area (Å²) in [4.78, 5) is 0. The van der Waals surface area contributed by atoms with Crippen molar-refractivity contribution >= 4 is 12.4 Å². The summed E-state index contributed by atoms with van der Waals surface area (Å²) >= 11 is 0. The van der Waals surface area contributed by atoms with Gasteiger partial charge in [-0.3, -0.25) is 0 Å². The van der Waals surface area contributed by atoms with Crippen LogP contribution in [0.25, 0.3) is 0 Å². The number of nitrogens with two attached hydrogens (primary N) is 2. The third kappa shape index (κ3) is 2.98. The van der Waals surface area contributed by atoms with Crippen LogP contribution >= 0.6 is 12.4 Å². The number of benzene rings is 1. The Morgan fingerprint density at radius 3 is 2.19 bits per heavy atom. The molecule has 4 nitrogen and oxygen atoms in total. The normalized spacial score (nSPS) is 11.6. The Bertz CT molecular complexity index is 350. The van der Waals surface area contributed by atoms with E-state index in [1.807, 2.05) is 0 Å². The molecule has 0 heterocycles. The van der Waals surface area contributed by atoms with E-state index in [1.165, 1.54) is 26.4 Å². The molecule has 1 aromatic carbocycles. The van der Waals surface area contributed by atoms with Crippen LogP contribution in [0, 0.1) is 5.82 Å². The Morgan fingerprint density at radius 1 is 1.25 bits per heavy atom. The predicted octanol–water partition coefficient (Wildman–Crippen LogP) is 1.22. The van der Waals surface area contributed by atoms with E-state index in [-0.39, 0.29) is 19.0 Å². The summed E-state index contributed by atoms with van der Waals surface area (Å²) in [5, 5.41) is 0. The molecule has 0 aliphatic rings. The third-order valence-electron chi connectivity index (χ3n) is 2.16. The fourth-order valence-corrected chi connectivity index (χ4v) is 1.28. The first-order chi connectivity index (χ1) is 7.13. The van der Waals surface area contributed by atoms with Gasteiger partial charge in [0.2, 0.25) is 0 Å². The topological polar surface area (TPSA) is 70.5 Å². The lowest BCUT2D eigenvalue weighted by Gasteiger charge is -2.14. The van der Waals surface area contributed by atoms with E-state index in [4.69, 9.17) is 20.9 Å². The van der Waals surface area contributed by atoms with Gasteiger partial charge in [0, 0.05) is 24.2 Å². The second kappa shape index (κ2) is 6.52. The smallest absolute Gasteiger partial charge is 0.163 e. The summed E-state index contributed by atoms with van der Waals surface area (Å²) in [7, 11) is 2.92. The van der Waals surface area contributed by atoms with Crippen molar-refractivity contribution < 1.29 is 13.9 Å². The predicted molar refractivity (Wildman–Crippen MR) is 62.7 cm³/mol. The summed E-state index contributed by atoms with van der Waals surface area (Å²) in [6.07, 6.45) is 0. The molecule has 16 heavy (non-hydrogen) atoms. The molecular weight excluding hydrogens is 235 g/mol. The van der Waals surface area contributed by atoms with Crippen LogP contribution in [-0.4, -0.2) is 20.8 Å². The summed E-state index contributed by atoms with van der Waals surface area (Å²) < 4.78 is 23.5.